The lowest BCUT2D eigenvalue weighted by molar-refractivity contribution is 0.0793. The zero-order valence-corrected chi connectivity index (χ0v) is 18.5. The second-order valence-corrected chi connectivity index (χ2v) is 7.52. The molecule has 2 aromatic rings. The fourth-order valence-electron chi connectivity index (χ4n) is 3.31. The maximum atomic E-state index is 12.6. The number of amides is 2. The number of hydrogen-bond acceptors (Lipinski definition) is 6. The van der Waals surface area contributed by atoms with Crippen LogP contribution in [0.25, 0.3) is 0 Å². The number of likely N-dealkylation sites (N-methyl/N-ethyl adjacent to an activating group) is 1. The summed E-state index contributed by atoms with van der Waals surface area (Å²) in [4.78, 5) is 47.5. The van der Waals surface area contributed by atoms with E-state index in [1.807, 2.05) is 0 Å². The smallest absolute Gasteiger partial charge is 0.266 e. The van der Waals surface area contributed by atoms with Gasteiger partial charge in [-0.2, -0.15) is 0 Å². The zero-order chi connectivity index (χ0) is 23.3. The maximum absolute atomic E-state index is 12.6. The first-order valence-corrected chi connectivity index (χ1v) is 10.7. The lowest BCUT2D eigenvalue weighted by Crippen LogP contribution is -2.52. The summed E-state index contributed by atoms with van der Waals surface area (Å²) < 4.78 is 0. The van der Waals surface area contributed by atoms with Gasteiger partial charge in [-0.1, -0.05) is 62.6 Å². The van der Waals surface area contributed by atoms with Gasteiger partial charge >= 0.3 is 0 Å². The molecule has 2 amide bonds. The molecule has 0 aliphatic heterocycles. The summed E-state index contributed by atoms with van der Waals surface area (Å²) in [5, 5.41) is 1.62. The lowest BCUT2D eigenvalue weighted by Gasteiger charge is -2.26. The Kier molecular flexibility index (Phi) is 10.2. The number of carbonyl (C=O) groups is 4. The van der Waals surface area contributed by atoms with Gasteiger partial charge in [0.05, 0.1) is 11.1 Å². The average molecular weight is 439 g/mol. The minimum atomic E-state index is -0.403. The number of benzene rings is 2. The molecule has 0 aromatic heterocycles. The van der Waals surface area contributed by atoms with Crippen LogP contribution >= 0.6 is 0 Å². The average Bonchev–Trinajstić information content (AvgIpc) is 2.82. The summed E-state index contributed by atoms with van der Waals surface area (Å²) in [7, 11) is 1.72. The third-order valence-electron chi connectivity index (χ3n) is 5.00. The molecule has 0 radical (unpaired) electrons. The van der Waals surface area contributed by atoms with Gasteiger partial charge in [-0.25, -0.2) is 10.4 Å². The van der Waals surface area contributed by atoms with E-state index in [2.05, 4.69) is 23.2 Å². The second kappa shape index (κ2) is 13.1. The van der Waals surface area contributed by atoms with E-state index in [0.29, 0.717) is 35.8 Å². The van der Waals surface area contributed by atoms with Crippen LogP contribution in [0.3, 0.4) is 0 Å². The van der Waals surface area contributed by atoms with Gasteiger partial charge in [0.2, 0.25) is 0 Å². The Bertz CT molecular complexity index is 932. The van der Waals surface area contributed by atoms with Crippen molar-refractivity contribution >= 4 is 24.4 Å². The van der Waals surface area contributed by atoms with Crippen LogP contribution < -0.4 is 16.3 Å². The highest BCUT2D eigenvalue weighted by atomic mass is 16.2. The lowest BCUT2D eigenvalue weighted by atomic mass is 10.1. The van der Waals surface area contributed by atoms with Crippen LogP contribution in [0.5, 0.6) is 0 Å². The van der Waals surface area contributed by atoms with Crippen LogP contribution in [-0.2, 0) is 0 Å². The third kappa shape index (κ3) is 7.40. The maximum Gasteiger partial charge on any atom is 0.266 e. The van der Waals surface area contributed by atoms with Crippen molar-refractivity contribution in [1.29, 1.82) is 0 Å². The fraction of sp³-hybridized carbons (Fsp3) is 0.333. The molecule has 0 spiro atoms. The standard InChI is InChI=1S/C24H30N4O4/c1-3-4-5-12-20(25-26-23(31)21-13-8-6-10-18(21)16-29)15-28(2)27-24(32)22-14-9-7-11-19(22)17-30/h6-11,13-14,16-17,20,25H,3-5,12,15H2,1-2H3,(H,26,31)(H,27,32). The highest BCUT2D eigenvalue weighted by Gasteiger charge is 2.17. The summed E-state index contributed by atoms with van der Waals surface area (Å²) >= 11 is 0. The van der Waals surface area contributed by atoms with Crippen LogP contribution in [0.15, 0.2) is 48.5 Å². The Balaban J connectivity index is 1.99. The molecule has 8 heteroatoms. The van der Waals surface area contributed by atoms with Crippen LogP contribution in [-0.4, -0.2) is 49.0 Å². The number of hydrazine groups is 2. The van der Waals surface area contributed by atoms with E-state index in [0.717, 1.165) is 25.7 Å². The Labute approximate surface area is 188 Å². The van der Waals surface area contributed by atoms with Crippen molar-refractivity contribution in [2.45, 2.75) is 38.6 Å². The number of rotatable bonds is 13. The topological polar surface area (TPSA) is 108 Å². The van der Waals surface area contributed by atoms with Gasteiger partial charge in [0.15, 0.2) is 12.6 Å². The van der Waals surface area contributed by atoms with E-state index >= 15 is 0 Å². The second-order valence-electron chi connectivity index (χ2n) is 7.52. The number of aldehydes is 2. The first-order chi connectivity index (χ1) is 15.5. The van der Waals surface area contributed by atoms with E-state index in [1.165, 1.54) is 0 Å². The summed E-state index contributed by atoms with van der Waals surface area (Å²) in [6.07, 6.45) is 5.12. The Morgan fingerprint density at radius 2 is 1.47 bits per heavy atom. The molecule has 0 aliphatic rings. The highest BCUT2D eigenvalue weighted by molar-refractivity contribution is 6.01. The number of nitrogens with zero attached hydrogens (tertiary/aromatic N) is 1. The van der Waals surface area contributed by atoms with E-state index < -0.39 is 5.91 Å². The Morgan fingerprint density at radius 3 is 2.03 bits per heavy atom. The molecule has 3 N–H and O–H groups in total. The number of carbonyl (C=O) groups excluding carboxylic acids is 4. The van der Waals surface area contributed by atoms with Crippen molar-refractivity contribution in [3.8, 4) is 0 Å². The minimum absolute atomic E-state index is 0.152. The third-order valence-corrected chi connectivity index (χ3v) is 5.00. The van der Waals surface area contributed by atoms with Gasteiger partial charge in [-0.15, -0.1) is 0 Å². The monoisotopic (exact) mass is 438 g/mol. The van der Waals surface area contributed by atoms with Crippen LogP contribution in [0, 0.1) is 0 Å². The van der Waals surface area contributed by atoms with Crippen molar-refractivity contribution in [2.24, 2.45) is 0 Å². The molecule has 1 atom stereocenters. The first kappa shape index (κ1) is 24.9. The normalized spacial score (nSPS) is 11.6. The zero-order valence-electron chi connectivity index (χ0n) is 18.5. The first-order valence-electron chi connectivity index (χ1n) is 10.7. The summed E-state index contributed by atoms with van der Waals surface area (Å²) in [5.41, 5.74) is 9.68. The van der Waals surface area contributed by atoms with Crippen molar-refractivity contribution < 1.29 is 19.2 Å². The van der Waals surface area contributed by atoms with Gasteiger partial charge < -0.3 is 0 Å². The molecule has 8 nitrogen and oxygen atoms in total. The molecule has 0 heterocycles. The van der Waals surface area contributed by atoms with Crippen LogP contribution in [0.4, 0.5) is 0 Å². The quantitative estimate of drug-likeness (QED) is 0.252. The molecule has 2 rings (SSSR count). The van der Waals surface area contributed by atoms with Crippen LogP contribution in [0.1, 0.15) is 74.0 Å². The van der Waals surface area contributed by atoms with Crippen molar-refractivity contribution in [1.82, 2.24) is 21.3 Å². The molecule has 0 saturated carbocycles. The summed E-state index contributed by atoms with van der Waals surface area (Å²) in [5.74, 6) is -0.786. The molecule has 32 heavy (non-hydrogen) atoms. The molecule has 0 fully saturated rings. The summed E-state index contributed by atoms with van der Waals surface area (Å²) in [6.45, 7) is 2.52. The molecule has 0 aliphatic carbocycles. The van der Waals surface area contributed by atoms with E-state index in [9.17, 15) is 19.2 Å². The van der Waals surface area contributed by atoms with Crippen molar-refractivity contribution in [3.05, 3.63) is 70.8 Å². The molecule has 170 valence electrons. The molecule has 1 unspecified atom stereocenters. The largest absolute Gasteiger partial charge is 0.298 e. The number of nitrogens with one attached hydrogen (secondary N) is 3. The molecule has 0 bridgehead atoms. The minimum Gasteiger partial charge on any atom is -0.298 e. The Morgan fingerprint density at radius 1 is 0.906 bits per heavy atom. The van der Waals surface area contributed by atoms with Gasteiger partial charge in [0, 0.05) is 30.8 Å². The van der Waals surface area contributed by atoms with Crippen LogP contribution in [0.2, 0.25) is 0 Å². The van der Waals surface area contributed by atoms with Gasteiger partial charge in [0.1, 0.15) is 0 Å². The molecule has 2 aromatic carbocycles. The highest BCUT2D eigenvalue weighted by Crippen LogP contribution is 2.08. The molecular weight excluding hydrogens is 408 g/mol. The fourth-order valence-corrected chi connectivity index (χ4v) is 3.31. The SMILES string of the molecule is CCCCCC(CN(C)NC(=O)c1ccccc1C=O)NNC(=O)c1ccccc1C=O. The van der Waals surface area contributed by atoms with Gasteiger partial charge in [-0.05, 0) is 18.6 Å². The summed E-state index contributed by atoms with van der Waals surface area (Å²) in [6, 6.07) is 13.0. The predicted molar refractivity (Wildman–Crippen MR) is 122 cm³/mol. The van der Waals surface area contributed by atoms with E-state index in [4.69, 9.17) is 0 Å². The van der Waals surface area contributed by atoms with Gasteiger partial charge in [0.25, 0.3) is 11.8 Å². The predicted octanol–water partition coefficient (Wildman–Crippen LogP) is 2.77. The van der Waals surface area contributed by atoms with Gasteiger partial charge in [-0.3, -0.25) is 30.0 Å². The number of unbranched alkanes of at least 4 members (excludes halogenated alkanes) is 2. The van der Waals surface area contributed by atoms with Crippen molar-refractivity contribution in [2.75, 3.05) is 13.6 Å². The van der Waals surface area contributed by atoms with Crippen molar-refractivity contribution in [3.63, 3.8) is 0 Å². The van der Waals surface area contributed by atoms with E-state index in [1.54, 1.807) is 60.6 Å². The molecule has 0 saturated heterocycles. The molecular formula is C24H30N4O4. The Hall–Kier alpha value is -3.36. The van der Waals surface area contributed by atoms with E-state index in [-0.39, 0.29) is 17.5 Å². The number of hydrogen-bond donors (Lipinski definition) is 3.